The summed E-state index contributed by atoms with van der Waals surface area (Å²) < 4.78 is 0. The van der Waals surface area contributed by atoms with Gasteiger partial charge in [0.25, 0.3) is 0 Å². The first-order valence-electron chi connectivity index (χ1n) is 8.20. The Bertz CT molecular complexity index is 572. The van der Waals surface area contributed by atoms with Crippen molar-refractivity contribution in [1.82, 2.24) is 5.32 Å². The average Bonchev–Trinajstić information content (AvgIpc) is 2.86. The van der Waals surface area contributed by atoms with Gasteiger partial charge >= 0.3 is 0 Å². The van der Waals surface area contributed by atoms with Crippen LogP contribution in [0.4, 0.5) is 0 Å². The highest BCUT2D eigenvalue weighted by Gasteiger charge is 2.70. The zero-order chi connectivity index (χ0) is 14.7. The Kier molecular flexibility index (Phi) is 2.74. The third-order valence-electron chi connectivity index (χ3n) is 6.51. The molecule has 0 saturated heterocycles. The predicted octanol–water partition coefficient (Wildman–Crippen LogP) is 2.21. The van der Waals surface area contributed by atoms with Gasteiger partial charge in [-0.2, -0.15) is 0 Å². The lowest BCUT2D eigenvalue weighted by Gasteiger charge is -2.43. The van der Waals surface area contributed by atoms with Gasteiger partial charge in [0.2, 0.25) is 5.91 Å². The molecule has 112 valence electrons. The highest BCUT2D eigenvalue weighted by atomic mass is 16.1. The van der Waals surface area contributed by atoms with Crippen LogP contribution in [0.5, 0.6) is 0 Å². The molecule has 1 aromatic rings. The molecule has 1 amide bonds. The van der Waals surface area contributed by atoms with Crippen LogP contribution < -0.4 is 11.1 Å². The maximum absolute atomic E-state index is 12.3. The van der Waals surface area contributed by atoms with Crippen molar-refractivity contribution < 1.29 is 4.79 Å². The minimum atomic E-state index is -0.258. The van der Waals surface area contributed by atoms with Gasteiger partial charge in [0.1, 0.15) is 0 Å². The molecule has 5 unspecified atom stereocenters. The molecular weight excluding hydrogens is 260 g/mol. The number of rotatable bonds is 4. The van der Waals surface area contributed by atoms with Gasteiger partial charge in [0, 0.05) is 6.04 Å². The molecule has 5 atom stereocenters. The smallest absolute Gasteiger partial charge is 0.224 e. The number of carbonyl (C=O) groups is 1. The van der Waals surface area contributed by atoms with E-state index in [0.29, 0.717) is 17.9 Å². The Morgan fingerprint density at radius 2 is 2.05 bits per heavy atom. The normalized spacial score (nSPS) is 43.4. The molecule has 0 radical (unpaired) electrons. The lowest BCUT2D eigenvalue weighted by molar-refractivity contribution is -0.129. The number of primary amides is 1. The third-order valence-corrected chi connectivity index (χ3v) is 6.51. The van der Waals surface area contributed by atoms with Crippen molar-refractivity contribution >= 4 is 5.91 Å². The predicted molar refractivity (Wildman–Crippen MR) is 82.7 cm³/mol. The first-order chi connectivity index (χ1) is 10.1. The number of nitrogens with one attached hydrogen (secondary N) is 1. The van der Waals surface area contributed by atoms with E-state index in [4.69, 9.17) is 5.73 Å². The monoisotopic (exact) mass is 284 g/mol. The summed E-state index contributed by atoms with van der Waals surface area (Å²) in [5, 5.41) is 3.64. The van der Waals surface area contributed by atoms with Crippen molar-refractivity contribution in [2.24, 2.45) is 23.0 Å². The Morgan fingerprint density at radius 1 is 1.29 bits per heavy atom. The molecule has 0 aliphatic heterocycles. The first-order valence-corrected chi connectivity index (χ1v) is 8.20. The number of amides is 1. The maximum Gasteiger partial charge on any atom is 0.224 e. The van der Waals surface area contributed by atoms with Crippen LogP contribution in [0.15, 0.2) is 30.3 Å². The van der Waals surface area contributed by atoms with Gasteiger partial charge in [-0.15, -0.1) is 0 Å². The summed E-state index contributed by atoms with van der Waals surface area (Å²) in [4.78, 5) is 12.3. The second kappa shape index (κ2) is 4.33. The van der Waals surface area contributed by atoms with Gasteiger partial charge in [-0.25, -0.2) is 0 Å². The Hall–Kier alpha value is -1.35. The molecule has 5 rings (SSSR count). The van der Waals surface area contributed by atoms with E-state index in [2.05, 4.69) is 42.6 Å². The number of nitrogens with two attached hydrogens (primary N) is 1. The van der Waals surface area contributed by atoms with Gasteiger partial charge in [0.15, 0.2) is 0 Å². The van der Waals surface area contributed by atoms with Crippen molar-refractivity contribution in [2.45, 2.75) is 44.1 Å². The molecule has 21 heavy (non-hydrogen) atoms. The standard InChI is InChI=1S/C18H24N2O/c1-2-20-15-12-8-17(13-6-4-3-5-7-13)10-14(15)18(9-12,11-17)16(19)21/h3-7,12,14-15,20H,2,8-11H2,1H3,(H2,19,21). The second-order valence-electron chi connectivity index (χ2n) is 7.41. The number of carbonyl (C=O) groups excluding carboxylic acids is 1. The summed E-state index contributed by atoms with van der Waals surface area (Å²) >= 11 is 0. The number of hydrogen-bond donors (Lipinski definition) is 2. The van der Waals surface area contributed by atoms with Crippen molar-refractivity contribution in [1.29, 1.82) is 0 Å². The van der Waals surface area contributed by atoms with Crippen LogP contribution in [-0.2, 0) is 10.2 Å². The molecule has 4 bridgehead atoms. The molecule has 4 aliphatic rings. The van der Waals surface area contributed by atoms with Gasteiger partial charge < -0.3 is 11.1 Å². The molecule has 4 fully saturated rings. The second-order valence-corrected chi connectivity index (χ2v) is 7.41. The minimum absolute atomic E-state index is 0.0598. The van der Waals surface area contributed by atoms with Crippen LogP contribution in [0.1, 0.15) is 38.2 Å². The van der Waals surface area contributed by atoms with Crippen molar-refractivity contribution in [2.75, 3.05) is 6.54 Å². The molecule has 4 saturated carbocycles. The molecule has 3 heteroatoms. The SMILES string of the molecule is CCNC1C2CC3(c4ccccc4)CC1C(C(N)=O)(C2)C3. The van der Waals surface area contributed by atoms with Gasteiger partial charge in [-0.3, -0.25) is 4.79 Å². The van der Waals surface area contributed by atoms with Crippen LogP contribution in [0, 0.1) is 17.3 Å². The van der Waals surface area contributed by atoms with Crippen LogP contribution >= 0.6 is 0 Å². The van der Waals surface area contributed by atoms with Crippen molar-refractivity contribution in [3.05, 3.63) is 35.9 Å². The van der Waals surface area contributed by atoms with Gasteiger partial charge in [-0.1, -0.05) is 37.3 Å². The van der Waals surface area contributed by atoms with Crippen LogP contribution in [0.25, 0.3) is 0 Å². The topological polar surface area (TPSA) is 55.1 Å². The minimum Gasteiger partial charge on any atom is -0.369 e. The van der Waals surface area contributed by atoms with Crippen LogP contribution in [0.2, 0.25) is 0 Å². The summed E-state index contributed by atoms with van der Waals surface area (Å²) in [5.74, 6) is 0.967. The van der Waals surface area contributed by atoms with Crippen LogP contribution in [0.3, 0.4) is 0 Å². The third kappa shape index (κ3) is 1.61. The van der Waals surface area contributed by atoms with E-state index in [1.54, 1.807) is 0 Å². The van der Waals surface area contributed by atoms with Crippen molar-refractivity contribution in [3.8, 4) is 0 Å². The summed E-state index contributed by atoms with van der Waals surface area (Å²) in [6.07, 6.45) is 4.29. The first kappa shape index (κ1) is 13.3. The Balaban J connectivity index is 1.77. The fourth-order valence-electron chi connectivity index (χ4n) is 5.94. The molecule has 4 aliphatic carbocycles. The molecule has 0 spiro atoms. The summed E-state index contributed by atoms with van der Waals surface area (Å²) in [5.41, 5.74) is 7.23. The van der Waals surface area contributed by atoms with Gasteiger partial charge in [0.05, 0.1) is 5.41 Å². The van der Waals surface area contributed by atoms with E-state index in [-0.39, 0.29) is 16.7 Å². The van der Waals surface area contributed by atoms with Crippen molar-refractivity contribution in [3.63, 3.8) is 0 Å². The molecule has 3 nitrogen and oxygen atoms in total. The molecule has 0 aromatic heterocycles. The Morgan fingerprint density at radius 3 is 2.71 bits per heavy atom. The molecule has 3 N–H and O–H groups in total. The van der Waals surface area contributed by atoms with E-state index in [0.717, 1.165) is 25.8 Å². The van der Waals surface area contributed by atoms with E-state index in [1.165, 1.54) is 12.0 Å². The lowest BCUT2D eigenvalue weighted by atomic mass is 9.63. The highest BCUT2D eigenvalue weighted by molar-refractivity contribution is 5.83. The van der Waals surface area contributed by atoms with E-state index < -0.39 is 0 Å². The van der Waals surface area contributed by atoms with Crippen LogP contribution in [-0.4, -0.2) is 18.5 Å². The average molecular weight is 284 g/mol. The zero-order valence-corrected chi connectivity index (χ0v) is 12.6. The van der Waals surface area contributed by atoms with E-state index in [9.17, 15) is 4.79 Å². The highest BCUT2D eigenvalue weighted by Crippen LogP contribution is 2.70. The fourth-order valence-corrected chi connectivity index (χ4v) is 5.94. The summed E-state index contributed by atoms with van der Waals surface area (Å²) in [7, 11) is 0. The molecule has 0 heterocycles. The lowest BCUT2D eigenvalue weighted by Crippen LogP contribution is -2.45. The van der Waals surface area contributed by atoms with E-state index in [1.807, 2.05) is 0 Å². The molecular formula is C18H24N2O. The Labute approximate surface area is 126 Å². The largest absolute Gasteiger partial charge is 0.369 e. The van der Waals surface area contributed by atoms with Gasteiger partial charge in [-0.05, 0) is 55.0 Å². The number of hydrogen-bond acceptors (Lipinski definition) is 2. The quantitative estimate of drug-likeness (QED) is 0.890. The molecule has 1 aromatic carbocycles. The summed E-state index contributed by atoms with van der Waals surface area (Å²) in [6, 6.07) is 11.3. The number of benzene rings is 1. The fraction of sp³-hybridized carbons (Fsp3) is 0.611. The summed E-state index contributed by atoms with van der Waals surface area (Å²) in [6.45, 7) is 3.13. The van der Waals surface area contributed by atoms with E-state index >= 15 is 0 Å². The zero-order valence-electron chi connectivity index (χ0n) is 12.6. The maximum atomic E-state index is 12.3.